The molecule has 8 nitrogen and oxygen atoms in total. The SMILES string of the molecule is C[C@H](NS(=O)(=O)c1ccc2c(c1)C(=O)N(C)C2=O)C(=O)O. The van der Waals surface area contributed by atoms with Gasteiger partial charge in [0.05, 0.1) is 16.0 Å². The Kier molecular flexibility index (Phi) is 3.56. The molecule has 0 radical (unpaired) electrons. The monoisotopic (exact) mass is 312 g/mol. The van der Waals surface area contributed by atoms with E-state index in [1.807, 2.05) is 4.72 Å². The fraction of sp³-hybridized carbons (Fsp3) is 0.250. The van der Waals surface area contributed by atoms with Crippen molar-refractivity contribution in [3.63, 3.8) is 0 Å². The Labute approximate surface area is 120 Å². The van der Waals surface area contributed by atoms with Crippen molar-refractivity contribution in [3.05, 3.63) is 29.3 Å². The van der Waals surface area contributed by atoms with E-state index in [1.165, 1.54) is 20.0 Å². The number of nitrogens with zero attached hydrogens (tertiary/aromatic N) is 1. The van der Waals surface area contributed by atoms with E-state index in [9.17, 15) is 22.8 Å². The van der Waals surface area contributed by atoms with E-state index < -0.39 is 33.8 Å². The van der Waals surface area contributed by atoms with Crippen molar-refractivity contribution in [2.45, 2.75) is 17.9 Å². The molecule has 112 valence electrons. The minimum absolute atomic E-state index is 0.0200. The van der Waals surface area contributed by atoms with Gasteiger partial charge < -0.3 is 5.11 Å². The van der Waals surface area contributed by atoms with Crippen molar-refractivity contribution < 1.29 is 27.9 Å². The summed E-state index contributed by atoms with van der Waals surface area (Å²) < 4.78 is 26.0. The molecular weight excluding hydrogens is 300 g/mol. The van der Waals surface area contributed by atoms with E-state index in [0.29, 0.717) is 0 Å². The van der Waals surface area contributed by atoms with E-state index in [2.05, 4.69) is 0 Å². The highest BCUT2D eigenvalue weighted by molar-refractivity contribution is 7.89. The first-order valence-corrected chi connectivity index (χ1v) is 7.35. The van der Waals surface area contributed by atoms with Gasteiger partial charge in [0.1, 0.15) is 6.04 Å². The Balaban J connectivity index is 2.42. The molecule has 0 aliphatic carbocycles. The largest absolute Gasteiger partial charge is 0.480 e. The van der Waals surface area contributed by atoms with E-state index in [1.54, 1.807) is 0 Å². The summed E-state index contributed by atoms with van der Waals surface area (Å²) in [6.07, 6.45) is 0. The predicted octanol–water partition coefficient (Wildman–Crippen LogP) is -0.336. The number of sulfonamides is 1. The third-order valence-corrected chi connectivity index (χ3v) is 4.61. The van der Waals surface area contributed by atoms with Crippen molar-refractivity contribution in [1.82, 2.24) is 9.62 Å². The van der Waals surface area contributed by atoms with Crippen LogP contribution in [-0.2, 0) is 14.8 Å². The molecule has 1 aromatic rings. The Morgan fingerprint density at radius 1 is 1.24 bits per heavy atom. The molecule has 1 aliphatic heterocycles. The van der Waals surface area contributed by atoms with Crippen LogP contribution in [0.15, 0.2) is 23.1 Å². The maximum atomic E-state index is 12.0. The zero-order chi connectivity index (χ0) is 15.9. The number of carbonyl (C=O) groups excluding carboxylic acids is 2. The molecule has 0 saturated heterocycles. The van der Waals surface area contributed by atoms with Crippen LogP contribution in [0.4, 0.5) is 0 Å². The second kappa shape index (κ2) is 4.93. The molecule has 2 amide bonds. The lowest BCUT2D eigenvalue weighted by Gasteiger charge is -2.10. The summed E-state index contributed by atoms with van der Waals surface area (Å²) >= 11 is 0. The van der Waals surface area contributed by atoms with E-state index in [-0.39, 0.29) is 16.0 Å². The summed E-state index contributed by atoms with van der Waals surface area (Å²) in [4.78, 5) is 34.8. The van der Waals surface area contributed by atoms with Gasteiger partial charge in [-0.05, 0) is 25.1 Å². The van der Waals surface area contributed by atoms with Crippen LogP contribution in [0.25, 0.3) is 0 Å². The zero-order valence-corrected chi connectivity index (χ0v) is 12.0. The molecular formula is C12H12N2O6S. The summed E-state index contributed by atoms with van der Waals surface area (Å²) in [5.74, 6) is -2.44. The molecule has 0 aromatic heterocycles. The summed E-state index contributed by atoms with van der Waals surface area (Å²) in [6.45, 7) is 1.18. The minimum Gasteiger partial charge on any atom is -0.480 e. The number of aliphatic carboxylic acids is 1. The van der Waals surface area contributed by atoms with Crippen molar-refractivity contribution >= 4 is 27.8 Å². The van der Waals surface area contributed by atoms with Crippen LogP contribution in [0.5, 0.6) is 0 Å². The van der Waals surface area contributed by atoms with Gasteiger partial charge in [-0.25, -0.2) is 8.42 Å². The van der Waals surface area contributed by atoms with Crippen molar-refractivity contribution in [2.75, 3.05) is 7.05 Å². The number of carbonyl (C=O) groups is 3. The Hall–Kier alpha value is -2.26. The van der Waals surface area contributed by atoms with Crippen molar-refractivity contribution in [1.29, 1.82) is 0 Å². The van der Waals surface area contributed by atoms with Crippen LogP contribution in [0, 0.1) is 0 Å². The maximum Gasteiger partial charge on any atom is 0.321 e. The Morgan fingerprint density at radius 2 is 1.81 bits per heavy atom. The van der Waals surface area contributed by atoms with Gasteiger partial charge in [0.15, 0.2) is 0 Å². The molecule has 0 bridgehead atoms. The molecule has 2 rings (SSSR count). The van der Waals surface area contributed by atoms with E-state index in [0.717, 1.165) is 17.0 Å². The number of hydrogen-bond donors (Lipinski definition) is 2. The first-order chi connectivity index (χ1) is 9.65. The quantitative estimate of drug-likeness (QED) is 0.734. The molecule has 1 atom stereocenters. The van der Waals surface area contributed by atoms with Gasteiger partial charge >= 0.3 is 5.97 Å². The summed E-state index contributed by atoms with van der Waals surface area (Å²) in [7, 11) is -2.80. The predicted molar refractivity (Wildman–Crippen MR) is 70.3 cm³/mol. The van der Waals surface area contributed by atoms with Crippen LogP contribution in [0.3, 0.4) is 0 Å². The number of benzene rings is 1. The molecule has 0 spiro atoms. The smallest absolute Gasteiger partial charge is 0.321 e. The van der Waals surface area contributed by atoms with Gasteiger partial charge in [0.2, 0.25) is 10.0 Å². The van der Waals surface area contributed by atoms with Gasteiger partial charge in [-0.3, -0.25) is 19.3 Å². The summed E-state index contributed by atoms with van der Waals surface area (Å²) in [5, 5.41) is 8.73. The average molecular weight is 312 g/mol. The molecule has 2 N–H and O–H groups in total. The molecule has 1 heterocycles. The number of fused-ring (bicyclic) bond motifs is 1. The van der Waals surface area contributed by atoms with Crippen LogP contribution in [0.2, 0.25) is 0 Å². The lowest BCUT2D eigenvalue weighted by molar-refractivity contribution is -0.138. The topological polar surface area (TPSA) is 121 Å². The second-order valence-electron chi connectivity index (χ2n) is 4.56. The van der Waals surface area contributed by atoms with Gasteiger partial charge in [-0.15, -0.1) is 0 Å². The average Bonchev–Trinajstić information content (AvgIpc) is 2.63. The number of imide groups is 1. The standard InChI is InChI=1S/C12H12N2O6S/c1-6(12(17)18)13-21(19,20)7-3-4-8-9(5-7)11(16)14(2)10(8)15/h3-6,13H,1-2H3,(H,17,18)/t6-/m0/s1. The second-order valence-corrected chi connectivity index (χ2v) is 6.27. The molecule has 21 heavy (non-hydrogen) atoms. The molecule has 0 saturated carbocycles. The number of carboxylic acid groups (broad SMARTS) is 1. The third-order valence-electron chi connectivity index (χ3n) is 3.07. The number of rotatable bonds is 4. The maximum absolute atomic E-state index is 12.0. The Morgan fingerprint density at radius 3 is 2.38 bits per heavy atom. The number of amides is 2. The van der Waals surface area contributed by atoms with Crippen molar-refractivity contribution in [2.24, 2.45) is 0 Å². The molecule has 0 unspecified atom stereocenters. The van der Waals surface area contributed by atoms with Crippen molar-refractivity contribution in [3.8, 4) is 0 Å². The van der Waals surface area contributed by atoms with Gasteiger partial charge in [-0.2, -0.15) is 4.72 Å². The molecule has 1 aliphatic rings. The van der Waals surface area contributed by atoms with Gasteiger partial charge in [0.25, 0.3) is 11.8 Å². The highest BCUT2D eigenvalue weighted by Crippen LogP contribution is 2.24. The van der Waals surface area contributed by atoms with Crippen LogP contribution in [0.1, 0.15) is 27.6 Å². The highest BCUT2D eigenvalue weighted by Gasteiger charge is 2.34. The Bertz CT molecular complexity index is 755. The third kappa shape index (κ3) is 2.52. The normalized spacial score (nSPS) is 16.0. The number of nitrogens with one attached hydrogen (secondary N) is 1. The molecule has 9 heteroatoms. The summed E-state index contributed by atoms with van der Waals surface area (Å²) in [6, 6.07) is 2.14. The van der Waals surface area contributed by atoms with Gasteiger partial charge in [-0.1, -0.05) is 0 Å². The minimum atomic E-state index is -4.10. The fourth-order valence-corrected chi connectivity index (χ4v) is 3.08. The number of carboxylic acids is 1. The zero-order valence-electron chi connectivity index (χ0n) is 11.2. The lowest BCUT2D eigenvalue weighted by Crippen LogP contribution is -2.38. The van der Waals surface area contributed by atoms with Gasteiger partial charge in [0, 0.05) is 7.05 Å². The number of hydrogen-bond acceptors (Lipinski definition) is 5. The molecule has 1 aromatic carbocycles. The fourth-order valence-electron chi connectivity index (χ4n) is 1.86. The van der Waals surface area contributed by atoms with Crippen LogP contribution < -0.4 is 4.72 Å². The molecule has 0 fully saturated rings. The lowest BCUT2D eigenvalue weighted by atomic mass is 10.1. The van der Waals surface area contributed by atoms with E-state index >= 15 is 0 Å². The first kappa shape index (κ1) is 15.1. The van der Waals surface area contributed by atoms with Crippen LogP contribution >= 0.6 is 0 Å². The van der Waals surface area contributed by atoms with Crippen LogP contribution in [-0.4, -0.2) is 49.3 Å². The van der Waals surface area contributed by atoms with E-state index in [4.69, 9.17) is 5.11 Å². The first-order valence-electron chi connectivity index (χ1n) is 5.86. The summed E-state index contributed by atoms with van der Waals surface area (Å²) in [5.41, 5.74) is 0.0982. The highest BCUT2D eigenvalue weighted by atomic mass is 32.2.